The van der Waals surface area contributed by atoms with Crippen LogP contribution in [0.15, 0.2) is 76.6 Å². The molecular weight excluding hydrogens is 432 g/mol. The van der Waals surface area contributed by atoms with Gasteiger partial charge < -0.3 is 14.8 Å². The molecule has 9 nitrogen and oxygen atoms in total. The number of carbonyl (C=O) groups excluding carboxylic acids is 1. The number of benzene rings is 2. The van der Waals surface area contributed by atoms with Crippen LogP contribution >= 0.6 is 0 Å². The first-order chi connectivity index (χ1) is 16.3. The van der Waals surface area contributed by atoms with Gasteiger partial charge in [-0.05, 0) is 24.1 Å². The van der Waals surface area contributed by atoms with Crippen molar-refractivity contribution in [2.75, 3.05) is 18.5 Å². The fourth-order valence-electron chi connectivity index (χ4n) is 4.12. The van der Waals surface area contributed by atoms with Gasteiger partial charge in [0, 0.05) is 33.4 Å². The molecule has 0 saturated carbocycles. The third kappa shape index (κ3) is 4.78. The van der Waals surface area contributed by atoms with Crippen molar-refractivity contribution >= 4 is 22.8 Å². The molecule has 1 atom stereocenters. The Hall–Kier alpha value is -4.14. The van der Waals surface area contributed by atoms with Crippen molar-refractivity contribution in [3.8, 4) is 0 Å². The van der Waals surface area contributed by atoms with Crippen molar-refractivity contribution in [1.29, 1.82) is 0 Å². The largest absolute Gasteiger partial charge is 0.373 e. The van der Waals surface area contributed by atoms with E-state index in [1.54, 1.807) is 7.05 Å². The summed E-state index contributed by atoms with van der Waals surface area (Å²) < 4.78 is 3.82. The van der Waals surface area contributed by atoms with Crippen molar-refractivity contribution in [2.24, 2.45) is 14.1 Å². The zero-order valence-electron chi connectivity index (χ0n) is 19.5. The Morgan fingerprint density at radius 1 is 1.00 bits per heavy atom. The summed E-state index contributed by atoms with van der Waals surface area (Å²) in [5.41, 5.74) is 1.71. The van der Waals surface area contributed by atoms with E-state index in [9.17, 15) is 14.4 Å². The average Bonchev–Trinajstić information content (AvgIpc) is 3.26. The molecule has 0 aliphatic carbocycles. The number of amides is 1. The molecule has 176 valence electrons. The van der Waals surface area contributed by atoms with Crippen molar-refractivity contribution < 1.29 is 4.79 Å². The van der Waals surface area contributed by atoms with Crippen LogP contribution in [0.4, 0.5) is 5.69 Å². The van der Waals surface area contributed by atoms with Gasteiger partial charge in [-0.25, -0.2) is 9.78 Å². The van der Waals surface area contributed by atoms with E-state index in [0.29, 0.717) is 13.0 Å². The summed E-state index contributed by atoms with van der Waals surface area (Å²) in [7, 11) is 4.96. The fourth-order valence-corrected chi connectivity index (χ4v) is 4.12. The molecule has 2 aromatic carbocycles. The van der Waals surface area contributed by atoms with Crippen LogP contribution in [0.25, 0.3) is 11.2 Å². The molecule has 0 saturated heterocycles. The maximum absolute atomic E-state index is 13.1. The van der Waals surface area contributed by atoms with Gasteiger partial charge in [0.2, 0.25) is 5.91 Å². The van der Waals surface area contributed by atoms with Gasteiger partial charge in [0.1, 0.15) is 6.54 Å². The number of fused-ring (bicyclic) bond motifs is 1. The number of aryl methyl sites for hydroxylation is 1. The number of nitrogens with one attached hydrogen (secondary N) is 1. The number of hydrogen-bond acceptors (Lipinski definition) is 5. The first kappa shape index (κ1) is 23.0. The molecule has 2 aromatic heterocycles. The second kappa shape index (κ2) is 9.78. The standard InChI is InChI=1S/C25H28N6O3/c1-28(20-12-8-5-9-13-20)15-19(14-18-10-6-4-7-11-18)27-21(32)16-31-17-26-23-22(31)24(33)30(3)25(34)29(23)2/h4-13,17,19H,14-16H2,1-3H3,(H,27,32)/t19-/m0/s1. The maximum Gasteiger partial charge on any atom is 0.332 e. The van der Waals surface area contributed by atoms with Crippen molar-refractivity contribution in [3.63, 3.8) is 0 Å². The number of imidazole rings is 1. The highest BCUT2D eigenvalue weighted by Crippen LogP contribution is 2.13. The second-order valence-corrected chi connectivity index (χ2v) is 8.42. The second-order valence-electron chi connectivity index (χ2n) is 8.42. The third-order valence-corrected chi connectivity index (χ3v) is 5.91. The van der Waals surface area contributed by atoms with Crippen molar-refractivity contribution in [2.45, 2.75) is 19.0 Å². The van der Waals surface area contributed by atoms with E-state index in [2.05, 4.69) is 15.2 Å². The maximum atomic E-state index is 13.1. The van der Waals surface area contributed by atoms with Gasteiger partial charge >= 0.3 is 5.69 Å². The zero-order chi connectivity index (χ0) is 24.2. The van der Waals surface area contributed by atoms with E-state index in [-0.39, 0.29) is 29.7 Å². The number of likely N-dealkylation sites (N-methyl/N-ethyl adjacent to an activating group) is 1. The van der Waals surface area contributed by atoms with Crippen LogP contribution < -0.4 is 21.5 Å². The highest BCUT2D eigenvalue weighted by molar-refractivity contribution is 5.79. The number of carbonyl (C=O) groups is 1. The van der Waals surface area contributed by atoms with Gasteiger partial charge in [-0.3, -0.25) is 18.7 Å². The first-order valence-electron chi connectivity index (χ1n) is 11.1. The number of nitrogens with zero attached hydrogens (tertiary/aromatic N) is 5. The Morgan fingerprint density at radius 2 is 1.65 bits per heavy atom. The molecule has 4 aromatic rings. The minimum Gasteiger partial charge on any atom is -0.373 e. The lowest BCUT2D eigenvalue weighted by atomic mass is 10.1. The van der Waals surface area contributed by atoms with Gasteiger partial charge in [-0.2, -0.15) is 0 Å². The Bertz CT molecular complexity index is 1410. The third-order valence-electron chi connectivity index (χ3n) is 5.91. The number of hydrogen-bond donors (Lipinski definition) is 1. The molecule has 4 rings (SSSR count). The molecule has 1 amide bonds. The molecule has 0 aliphatic heterocycles. The Morgan fingerprint density at radius 3 is 2.32 bits per heavy atom. The molecule has 0 radical (unpaired) electrons. The lowest BCUT2D eigenvalue weighted by Crippen LogP contribution is -2.45. The van der Waals surface area contributed by atoms with E-state index in [4.69, 9.17) is 0 Å². The molecular formula is C25H28N6O3. The van der Waals surface area contributed by atoms with Crippen molar-refractivity contribution in [1.82, 2.24) is 24.0 Å². The molecule has 1 N–H and O–H groups in total. The molecule has 0 bridgehead atoms. The number of rotatable bonds is 8. The van der Waals surface area contributed by atoms with Crippen LogP contribution in [-0.2, 0) is 31.9 Å². The average molecular weight is 461 g/mol. The van der Waals surface area contributed by atoms with E-state index < -0.39 is 11.2 Å². The fraction of sp³-hybridized carbons (Fsp3) is 0.280. The number of anilines is 1. The van der Waals surface area contributed by atoms with Crippen molar-refractivity contribution in [3.05, 3.63) is 93.4 Å². The Balaban J connectivity index is 1.56. The normalized spacial score (nSPS) is 12.0. The molecule has 0 fully saturated rings. The summed E-state index contributed by atoms with van der Waals surface area (Å²) in [4.78, 5) is 44.2. The Labute approximate surface area is 196 Å². The number of para-hydroxylation sites is 1. The van der Waals surface area contributed by atoms with E-state index in [1.165, 1.54) is 22.5 Å². The summed E-state index contributed by atoms with van der Waals surface area (Å²) in [6.45, 7) is 0.524. The summed E-state index contributed by atoms with van der Waals surface area (Å²) in [6.07, 6.45) is 2.08. The van der Waals surface area contributed by atoms with Crippen LogP contribution in [-0.4, -0.2) is 44.2 Å². The van der Waals surface area contributed by atoms with E-state index >= 15 is 0 Å². The predicted octanol–water partition coefficient (Wildman–Crippen LogP) is 1.30. The first-order valence-corrected chi connectivity index (χ1v) is 11.1. The predicted molar refractivity (Wildman–Crippen MR) is 132 cm³/mol. The molecule has 34 heavy (non-hydrogen) atoms. The highest BCUT2D eigenvalue weighted by atomic mass is 16.2. The smallest absolute Gasteiger partial charge is 0.332 e. The molecule has 0 spiro atoms. The molecule has 9 heteroatoms. The van der Waals surface area contributed by atoms with E-state index in [1.807, 2.05) is 67.7 Å². The van der Waals surface area contributed by atoms with Gasteiger partial charge in [0.15, 0.2) is 11.2 Å². The minimum atomic E-state index is -0.479. The zero-order valence-corrected chi connectivity index (χ0v) is 19.5. The van der Waals surface area contributed by atoms with Gasteiger partial charge in [-0.15, -0.1) is 0 Å². The summed E-state index contributed by atoms with van der Waals surface area (Å²) >= 11 is 0. The van der Waals surface area contributed by atoms with Crippen LogP contribution in [0, 0.1) is 0 Å². The SMILES string of the molecule is CN(C[C@H](Cc1ccccc1)NC(=O)Cn1cnc2c1c(=O)n(C)c(=O)n2C)c1ccccc1. The molecule has 0 unspecified atom stereocenters. The minimum absolute atomic E-state index is 0.0791. The number of aromatic nitrogens is 4. The van der Waals surface area contributed by atoms with Gasteiger partial charge in [0.25, 0.3) is 5.56 Å². The van der Waals surface area contributed by atoms with Crippen LogP contribution in [0.2, 0.25) is 0 Å². The van der Waals surface area contributed by atoms with Crippen LogP contribution in [0.5, 0.6) is 0 Å². The highest BCUT2D eigenvalue weighted by Gasteiger charge is 2.19. The molecule has 0 aliphatic rings. The lowest BCUT2D eigenvalue weighted by Gasteiger charge is -2.27. The quantitative estimate of drug-likeness (QED) is 0.428. The summed E-state index contributed by atoms with van der Waals surface area (Å²) in [5.74, 6) is -0.238. The van der Waals surface area contributed by atoms with Crippen LogP contribution in [0.3, 0.4) is 0 Å². The lowest BCUT2D eigenvalue weighted by molar-refractivity contribution is -0.122. The van der Waals surface area contributed by atoms with Crippen LogP contribution in [0.1, 0.15) is 5.56 Å². The monoisotopic (exact) mass is 460 g/mol. The van der Waals surface area contributed by atoms with E-state index in [0.717, 1.165) is 15.8 Å². The Kier molecular flexibility index (Phi) is 6.62. The van der Waals surface area contributed by atoms with Gasteiger partial charge in [-0.1, -0.05) is 48.5 Å². The summed E-state index contributed by atoms with van der Waals surface area (Å²) in [5, 5.41) is 3.12. The molecule has 2 heterocycles. The topological polar surface area (TPSA) is 94.2 Å². The summed E-state index contributed by atoms with van der Waals surface area (Å²) in [6, 6.07) is 19.8. The van der Waals surface area contributed by atoms with Gasteiger partial charge in [0.05, 0.1) is 12.4 Å².